The van der Waals surface area contributed by atoms with Gasteiger partial charge in [0.25, 0.3) is 0 Å². The van der Waals surface area contributed by atoms with Crippen LogP contribution in [0.3, 0.4) is 0 Å². The number of fused-ring (bicyclic) bond motifs is 5. The Balaban J connectivity index is 1.18. The van der Waals surface area contributed by atoms with Gasteiger partial charge < -0.3 is 4.90 Å². The van der Waals surface area contributed by atoms with Gasteiger partial charge in [0, 0.05) is 22.4 Å². The third kappa shape index (κ3) is 5.41. The molecule has 6 aromatic carbocycles. The van der Waals surface area contributed by atoms with Crippen molar-refractivity contribution in [2.45, 2.75) is 94.8 Å². The monoisotopic (exact) mass is 689 g/mol. The van der Waals surface area contributed by atoms with E-state index >= 15 is 0 Å². The Labute approximate surface area is 316 Å². The summed E-state index contributed by atoms with van der Waals surface area (Å²) < 4.78 is 0. The number of anilines is 3. The number of hydrogen-bond donors (Lipinski definition) is 0. The fourth-order valence-electron chi connectivity index (χ4n) is 11.2. The minimum Gasteiger partial charge on any atom is -0.310 e. The maximum absolute atomic E-state index is 2.57. The summed E-state index contributed by atoms with van der Waals surface area (Å²) in [6.45, 7) is 4.88. The van der Waals surface area contributed by atoms with Crippen LogP contribution in [0.15, 0.2) is 140 Å². The topological polar surface area (TPSA) is 3.24 Å². The van der Waals surface area contributed by atoms with Gasteiger partial charge in [-0.05, 0) is 143 Å². The molecule has 2 bridgehead atoms. The molecule has 3 fully saturated rings. The number of rotatable bonds is 7. The number of benzene rings is 6. The Hall–Kier alpha value is -4.88. The minimum absolute atomic E-state index is 0.197. The zero-order valence-corrected chi connectivity index (χ0v) is 31.5. The first-order chi connectivity index (χ1) is 26.0. The van der Waals surface area contributed by atoms with E-state index in [4.69, 9.17) is 0 Å². The number of hydrogen-bond acceptors (Lipinski definition) is 1. The molecule has 1 heteroatoms. The van der Waals surface area contributed by atoms with Gasteiger partial charge in [-0.2, -0.15) is 0 Å². The molecule has 0 radical (unpaired) electrons. The molecule has 0 saturated heterocycles. The van der Waals surface area contributed by atoms with Crippen LogP contribution >= 0.6 is 0 Å². The Morgan fingerprint density at radius 3 is 1.81 bits per heavy atom. The predicted octanol–water partition coefficient (Wildman–Crippen LogP) is 14.7. The molecule has 0 aliphatic heterocycles. The summed E-state index contributed by atoms with van der Waals surface area (Å²) in [5.74, 6) is 1.62. The maximum Gasteiger partial charge on any atom is 0.0543 e. The van der Waals surface area contributed by atoms with E-state index in [1.807, 2.05) is 0 Å². The van der Waals surface area contributed by atoms with Crippen LogP contribution in [0.2, 0.25) is 0 Å². The molecule has 0 heterocycles. The molecule has 6 aromatic rings. The third-order valence-corrected chi connectivity index (χ3v) is 13.9. The Morgan fingerprint density at radius 2 is 1.17 bits per heavy atom. The molecule has 1 nitrogen and oxygen atoms in total. The summed E-state index contributed by atoms with van der Waals surface area (Å²) in [6.07, 6.45) is 13.6. The van der Waals surface area contributed by atoms with Crippen molar-refractivity contribution in [3.8, 4) is 33.4 Å². The second-order valence-corrected chi connectivity index (χ2v) is 17.2. The van der Waals surface area contributed by atoms with E-state index in [0.29, 0.717) is 11.3 Å². The molecule has 53 heavy (non-hydrogen) atoms. The molecular weight excluding hydrogens is 639 g/mol. The highest BCUT2D eigenvalue weighted by Gasteiger charge is 2.46. The van der Waals surface area contributed by atoms with E-state index < -0.39 is 0 Å². The van der Waals surface area contributed by atoms with Crippen LogP contribution in [0.4, 0.5) is 17.1 Å². The summed E-state index contributed by atoms with van der Waals surface area (Å²) in [5.41, 5.74) is 17.7. The van der Waals surface area contributed by atoms with Gasteiger partial charge in [-0.3, -0.25) is 0 Å². The van der Waals surface area contributed by atoms with E-state index in [0.717, 1.165) is 5.92 Å². The fourth-order valence-corrected chi connectivity index (χ4v) is 11.2. The molecule has 0 atom stereocenters. The van der Waals surface area contributed by atoms with E-state index in [-0.39, 0.29) is 5.41 Å². The lowest BCUT2D eigenvalue weighted by Gasteiger charge is -2.33. The third-order valence-electron chi connectivity index (χ3n) is 13.9. The van der Waals surface area contributed by atoms with Crippen molar-refractivity contribution in [1.82, 2.24) is 0 Å². The van der Waals surface area contributed by atoms with Gasteiger partial charge in [0.15, 0.2) is 0 Å². The van der Waals surface area contributed by atoms with Crippen molar-refractivity contribution in [3.63, 3.8) is 0 Å². The van der Waals surface area contributed by atoms with Crippen molar-refractivity contribution >= 4 is 17.1 Å². The van der Waals surface area contributed by atoms with Crippen LogP contribution in [0.5, 0.6) is 0 Å². The largest absolute Gasteiger partial charge is 0.310 e. The van der Waals surface area contributed by atoms with Gasteiger partial charge in [-0.25, -0.2) is 0 Å². The van der Waals surface area contributed by atoms with Gasteiger partial charge in [0.1, 0.15) is 0 Å². The highest BCUT2D eigenvalue weighted by molar-refractivity contribution is 6.01. The highest BCUT2D eigenvalue weighted by atomic mass is 15.1. The summed E-state index contributed by atoms with van der Waals surface area (Å²) in [5, 5.41) is 0. The van der Waals surface area contributed by atoms with Crippen LogP contribution in [-0.2, 0) is 10.8 Å². The Morgan fingerprint density at radius 1 is 0.528 bits per heavy atom. The second kappa shape index (κ2) is 12.9. The van der Waals surface area contributed by atoms with E-state index in [9.17, 15) is 0 Å². The van der Waals surface area contributed by atoms with E-state index in [1.54, 1.807) is 5.56 Å². The molecule has 10 rings (SSSR count). The molecular formula is C52H51N. The van der Waals surface area contributed by atoms with Crippen LogP contribution < -0.4 is 4.90 Å². The molecule has 0 unspecified atom stereocenters. The zero-order chi connectivity index (χ0) is 35.6. The molecule has 4 aliphatic carbocycles. The molecule has 4 aliphatic rings. The average molecular weight is 690 g/mol. The summed E-state index contributed by atoms with van der Waals surface area (Å²) in [6, 6.07) is 53.5. The van der Waals surface area contributed by atoms with Gasteiger partial charge in [-0.15, -0.1) is 0 Å². The number of nitrogens with zero attached hydrogens (tertiary/aromatic N) is 1. The molecule has 0 N–H and O–H groups in total. The predicted molar refractivity (Wildman–Crippen MR) is 224 cm³/mol. The Kier molecular flexibility index (Phi) is 7.97. The first-order valence-corrected chi connectivity index (χ1v) is 20.4. The molecule has 264 valence electrons. The first-order valence-electron chi connectivity index (χ1n) is 20.4. The average Bonchev–Trinajstić information content (AvgIpc) is 3.91. The van der Waals surface area contributed by atoms with Crippen LogP contribution in [0.25, 0.3) is 33.4 Å². The van der Waals surface area contributed by atoms with Crippen molar-refractivity contribution in [2.75, 3.05) is 4.90 Å². The second-order valence-electron chi connectivity index (χ2n) is 17.2. The van der Waals surface area contributed by atoms with Gasteiger partial charge in [0.2, 0.25) is 0 Å². The van der Waals surface area contributed by atoms with E-state index in [1.165, 1.54) is 131 Å². The van der Waals surface area contributed by atoms with Crippen molar-refractivity contribution in [3.05, 3.63) is 162 Å². The maximum atomic E-state index is 2.57. The van der Waals surface area contributed by atoms with Gasteiger partial charge in [-0.1, -0.05) is 142 Å². The smallest absolute Gasteiger partial charge is 0.0543 e. The first kappa shape index (κ1) is 32.7. The summed E-state index contributed by atoms with van der Waals surface area (Å²) in [4.78, 5) is 2.57. The Bertz CT molecular complexity index is 2250. The van der Waals surface area contributed by atoms with Crippen molar-refractivity contribution in [2.24, 2.45) is 5.92 Å². The quantitative estimate of drug-likeness (QED) is 0.161. The lowest BCUT2D eigenvalue weighted by molar-refractivity contribution is 0.419. The van der Waals surface area contributed by atoms with Gasteiger partial charge >= 0.3 is 0 Å². The lowest BCUT2D eigenvalue weighted by atomic mass is 9.77. The summed E-state index contributed by atoms with van der Waals surface area (Å²) >= 11 is 0. The van der Waals surface area contributed by atoms with Crippen LogP contribution in [-0.4, -0.2) is 0 Å². The standard InChI is InChI=1S/C52H51N/c1-51(2)46-20-12-19-44(39-15-8-4-9-16-39)49(46)45-29-30-47(48(50(45)51)40-17-10-5-11-18-40)53(42-25-21-38(22-26-42)37-13-6-3-7-14-37)43-27-23-41(24-28-43)52-33-31-36(35-52)32-34-52/h4-5,8-12,15-30,36-37H,3,6-7,13-14,31-35H2,1-2H3. The van der Waals surface area contributed by atoms with Gasteiger partial charge in [0.05, 0.1) is 5.69 Å². The summed E-state index contributed by atoms with van der Waals surface area (Å²) in [7, 11) is 0. The minimum atomic E-state index is -0.197. The highest BCUT2D eigenvalue weighted by Crippen LogP contribution is 2.59. The molecule has 0 spiro atoms. The lowest BCUT2D eigenvalue weighted by Crippen LogP contribution is -2.20. The molecule has 0 aromatic heterocycles. The van der Waals surface area contributed by atoms with Crippen LogP contribution in [0, 0.1) is 5.92 Å². The molecule has 0 amide bonds. The SMILES string of the molecule is CC1(C)c2cccc(-c3ccccc3)c2-c2ccc(N(c3ccc(C4CCCCC4)cc3)c3ccc(C45CCC(CC4)C5)cc3)c(-c3ccccc3)c21. The normalized spacial score (nSPS) is 21.4. The zero-order valence-electron chi connectivity index (χ0n) is 31.5. The molecule has 3 saturated carbocycles. The van der Waals surface area contributed by atoms with Crippen molar-refractivity contribution < 1.29 is 0 Å². The fraction of sp³-hybridized carbons (Fsp3) is 0.308. The van der Waals surface area contributed by atoms with E-state index in [2.05, 4.69) is 158 Å². The van der Waals surface area contributed by atoms with Crippen molar-refractivity contribution in [1.29, 1.82) is 0 Å². The van der Waals surface area contributed by atoms with Crippen LogP contribution in [0.1, 0.15) is 106 Å².